The van der Waals surface area contributed by atoms with Gasteiger partial charge in [0.25, 0.3) is 5.88 Å². The van der Waals surface area contributed by atoms with Crippen molar-refractivity contribution in [2.24, 2.45) is 11.8 Å². The second-order valence-corrected chi connectivity index (χ2v) is 14.2. The molecule has 2 heterocycles. The van der Waals surface area contributed by atoms with Crippen molar-refractivity contribution in [1.82, 2.24) is 20.3 Å². The van der Waals surface area contributed by atoms with Crippen LogP contribution in [-0.2, 0) is 29.2 Å². The minimum absolute atomic E-state index is 0.0588. The van der Waals surface area contributed by atoms with Crippen LogP contribution in [0.3, 0.4) is 0 Å². The van der Waals surface area contributed by atoms with E-state index in [1.807, 2.05) is 54.6 Å². The number of likely N-dealkylation sites (tertiary alicyclic amines) is 1. The van der Waals surface area contributed by atoms with Crippen LogP contribution in [-0.4, -0.2) is 86.6 Å². The highest BCUT2D eigenvalue weighted by Crippen LogP contribution is 2.56. The molecule has 12 nitrogen and oxygen atoms in total. The number of nitrogens with one attached hydrogen (secondary N) is 1. The summed E-state index contributed by atoms with van der Waals surface area (Å²) < 4.78 is 11.6. The van der Waals surface area contributed by atoms with Gasteiger partial charge in [-0.05, 0) is 66.2 Å². The van der Waals surface area contributed by atoms with Crippen molar-refractivity contribution < 1.29 is 39.0 Å². The fraction of sp³-hybridized carbons (Fsp3) is 0.368. The fourth-order valence-corrected chi connectivity index (χ4v) is 8.50. The zero-order valence-corrected chi connectivity index (χ0v) is 28.0. The molecule has 0 bridgehead atoms. The molecular formula is C38H38N4O8. The van der Waals surface area contributed by atoms with E-state index in [-0.39, 0.29) is 59.1 Å². The lowest BCUT2D eigenvalue weighted by Crippen LogP contribution is -2.63. The third kappa shape index (κ3) is 4.92. The van der Waals surface area contributed by atoms with Crippen LogP contribution in [0.1, 0.15) is 57.8 Å². The number of hydrogen-bond acceptors (Lipinski definition) is 11. The SMILES string of the molecule is CC(=O)NC1CN(Cc2ccc3cc4c(c(O)c3c2)C(O)=C2C(=O)[C@]3(O)C(=O)c5c(OCc6ccccc6)noc5[C@@H](N(C)C)[C@@H]3C[C@@H]2C4)C1. The van der Waals surface area contributed by atoms with E-state index in [9.17, 15) is 29.7 Å². The van der Waals surface area contributed by atoms with Gasteiger partial charge in [-0.2, -0.15) is 0 Å². The highest BCUT2D eigenvalue weighted by Gasteiger charge is 2.65. The summed E-state index contributed by atoms with van der Waals surface area (Å²) in [6.45, 7) is 3.64. The Labute approximate surface area is 287 Å². The number of aliphatic hydroxyl groups is 2. The number of ether oxygens (including phenoxy) is 1. The van der Waals surface area contributed by atoms with Crippen molar-refractivity contribution >= 4 is 34.0 Å². The van der Waals surface area contributed by atoms with E-state index in [4.69, 9.17) is 9.26 Å². The van der Waals surface area contributed by atoms with Gasteiger partial charge in [0.2, 0.25) is 17.5 Å². The maximum Gasteiger partial charge on any atom is 0.265 e. The quantitative estimate of drug-likeness (QED) is 0.211. The minimum Gasteiger partial charge on any atom is -0.507 e. The first kappa shape index (κ1) is 32.2. The molecule has 4 N–H and O–H groups in total. The van der Waals surface area contributed by atoms with Gasteiger partial charge in [-0.25, -0.2) is 0 Å². The van der Waals surface area contributed by atoms with E-state index in [2.05, 4.69) is 15.4 Å². The number of phenolic OH excluding ortho intramolecular Hbond substituents is 1. The Kier molecular flexibility index (Phi) is 7.59. The van der Waals surface area contributed by atoms with Gasteiger partial charge < -0.3 is 29.9 Å². The summed E-state index contributed by atoms with van der Waals surface area (Å²) in [5.74, 6) is -3.72. The number of ketones is 2. The third-order valence-electron chi connectivity index (χ3n) is 10.7. The molecule has 0 radical (unpaired) electrons. The van der Waals surface area contributed by atoms with Crippen molar-refractivity contribution in [1.29, 1.82) is 0 Å². The number of hydrogen-bond donors (Lipinski definition) is 4. The number of fused-ring (bicyclic) bond motifs is 5. The summed E-state index contributed by atoms with van der Waals surface area (Å²) in [6.07, 6.45) is 0.517. The normalized spacial score (nSPS) is 24.8. The molecule has 12 heteroatoms. The van der Waals surface area contributed by atoms with E-state index in [0.717, 1.165) is 29.6 Å². The number of amides is 1. The molecule has 4 aliphatic rings. The number of aromatic nitrogens is 1. The molecule has 1 aliphatic heterocycles. The Hall–Kier alpha value is -5.04. The van der Waals surface area contributed by atoms with Crippen LogP contribution in [0.15, 0.2) is 64.7 Å². The first-order valence-electron chi connectivity index (χ1n) is 16.8. The summed E-state index contributed by atoms with van der Waals surface area (Å²) >= 11 is 0. The highest BCUT2D eigenvalue weighted by molar-refractivity contribution is 6.26. The number of rotatable bonds is 7. The first-order chi connectivity index (χ1) is 23.9. The molecule has 4 atom stereocenters. The van der Waals surface area contributed by atoms with Gasteiger partial charge in [0.15, 0.2) is 11.4 Å². The zero-order valence-electron chi connectivity index (χ0n) is 28.0. The zero-order chi connectivity index (χ0) is 35.1. The summed E-state index contributed by atoms with van der Waals surface area (Å²) in [6, 6.07) is 16.4. The molecule has 258 valence electrons. The van der Waals surface area contributed by atoms with Crippen LogP contribution in [0, 0.1) is 11.8 Å². The Morgan fingerprint density at radius 3 is 2.54 bits per heavy atom. The number of aliphatic hydroxyl groups excluding tert-OH is 1. The molecule has 1 saturated heterocycles. The number of nitrogens with zero attached hydrogens (tertiary/aromatic N) is 3. The molecule has 1 aromatic heterocycles. The second-order valence-electron chi connectivity index (χ2n) is 14.2. The molecule has 50 heavy (non-hydrogen) atoms. The Bertz CT molecular complexity index is 2100. The molecule has 0 spiro atoms. The third-order valence-corrected chi connectivity index (χ3v) is 10.7. The highest BCUT2D eigenvalue weighted by atomic mass is 16.5. The average Bonchev–Trinajstić information content (AvgIpc) is 3.48. The van der Waals surface area contributed by atoms with Crippen LogP contribution in [0.5, 0.6) is 11.6 Å². The predicted molar refractivity (Wildman–Crippen MR) is 181 cm³/mol. The first-order valence-corrected chi connectivity index (χ1v) is 16.8. The Morgan fingerprint density at radius 1 is 1.06 bits per heavy atom. The van der Waals surface area contributed by atoms with Gasteiger partial charge in [-0.1, -0.05) is 48.5 Å². The van der Waals surface area contributed by atoms with E-state index in [1.54, 1.807) is 19.0 Å². The summed E-state index contributed by atoms with van der Waals surface area (Å²) in [7, 11) is 3.56. The molecular weight excluding hydrogens is 640 g/mol. The minimum atomic E-state index is -2.53. The predicted octanol–water partition coefficient (Wildman–Crippen LogP) is 3.69. The van der Waals surface area contributed by atoms with E-state index in [0.29, 0.717) is 23.9 Å². The fourth-order valence-electron chi connectivity index (χ4n) is 8.50. The lowest BCUT2D eigenvalue weighted by atomic mass is 9.57. The maximum atomic E-state index is 14.5. The monoisotopic (exact) mass is 678 g/mol. The molecule has 3 aromatic carbocycles. The topological polar surface area (TPSA) is 166 Å². The van der Waals surface area contributed by atoms with E-state index >= 15 is 0 Å². The Morgan fingerprint density at radius 2 is 1.82 bits per heavy atom. The summed E-state index contributed by atoms with van der Waals surface area (Å²) in [5.41, 5.74) is -0.0987. The largest absolute Gasteiger partial charge is 0.507 e. The maximum absolute atomic E-state index is 14.5. The number of carbonyl (C=O) groups is 3. The Balaban J connectivity index is 1.14. The molecule has 8 rings (SSSR count). The van der Waals surface area contributed by atoms with Crippen molar-refractivity contribution in [3.8, 4) is 11.6 Å². The molecule has 3 aliphatic carbocycles. The van der Waals surface area contributed by atoms with Gasteiger partial charge in [-0.15, -0.1) is 0 Å². The van der Waals surface area contributed by atoms with Crippen molar-refractivity contribution in [2.45, 2.75) is 50.6 Å². The van der Waals surface area contributed by atoms with E-state index in [1.165, 1.54) is 6.92 Å². The van der Waals surface area contributed by atoms with Crippen LogP contribution >= 0.6 is 0 Å². The van der Waals surface area contributed by atoms with Crippen LogP contribution < -0.4 is 10.1 Å². The number of Topliss-reactive ketones (excluding diaryl/α,β-unsaturated/α-hetero) is 2. The smallest absolute Gasteiger partial charge is 0.265 e. The number of carbonyl (C=O) groups excluding carboxylic acids is 3. The number of phenols is 1. The standard InChI is InChI=1S/C38H38N4O8/c1-19(43)39-25-16-42(17-25)15-21-9-10-22-12-23-13-24-14-27-31(41(2)3)34-30(37(40-50-34)49-18-20-7-5-4-6-8-20)36(47)38(27,48)35(46)29(24)33(45)28(23)32(44)26(22)11-21/h4-12,24-25,27,31,44-45,48H,13-18H2,1-3H3,(H,39,43)/t24-,27-,31-,38-/m0/s1. The summed E-state index contributed by atoms with van der Waals surface area (Å²) in [5, 5.41) is 44.0. The second kappa shape index (κ2) is 11.8. The number of aromatic hydroxyl groups is 1. The molecule has 4 aromatic rings. The van der Waals surface area contributed by atoms with Crippen molar-refractivity contribution in [3.63, 3.8) is 0 Å². The van der Waals surface area contributed by atoms with Gasteiger partial charge in [0, 0.05) is 43.4 Å². The molecule has 1 saturated carbocycles. The number of benzene rings is 3. The molecule has 1 amide bonds. The van der Waals surface area contributed by atoms with Crippen LogP contribution in [0.25, 0.3) is 16.5 Å². The van der Waals surface area contributed by atoms with Crippen LogP contribution in [0.4, 0.5) is 0 Å². The summed E-state index contributed by atoms with van der Waals surface area (Å²) in [4.78, 5) is 44.1. The molecule has 2 fully saturated rings. The van der Waals surface area contributed by atoms with E-state index < -0.39 is 40.8 Å². The van der Waals surface area contributed by atoms with Crippen molar-refractivity contribution in [3.05, 3.63) is 93.7 Å². The average molecular weight is 679 g/mol. The lowest BCUT2D eigenvalue weighted by molar-refractivity contribution is -0.142. The molecule has 0 unspecified atom stereocenters. The van der Waals surface area contributed by atoms with Crippen molar-refractivity contribution in [2.75, 3.05) is 27.2 Å². The van der Waals surface area contributed by atoms with Gasteiger partial charge >= 0.3 is 0 Å². The van der Waals surface area contributed by atoms with Crippen LogP contribution in [0.2, 0.25) is 0 Å². The van der Waals surface area contributed by atoms with Gasteiger partial charge in [0.1, 0.15) is 23.7 Å². The van der Waals surface area contributed by atoms with Gasteiger partial charge in [0.05, 0.1) is 17.6 Å². The van der Waals surface area contributed by atoms with Gasteiger partial charge in [-0.3, -0.25) is 24.2 Å². The lowest BCUT2D eigenvalue weighted by Gasteiger charge is -2.49.